The fraction of sp³-hybridized carbons (Fsp3) is 0.607. The molecule has 3 N–H and O–H groups in total. The first-order chi connectivity index (χ1) is 19.0. The SMILES string of the molecule is CN[C@@H](C)C(=O)N[C@H](C(=O)N1CCC[C@H]1C(=O)Nc1snnc1-c1ccc2c(c1)OCCC2)C1CCCCC1. The van der Waals surface area contributed by atoms with E-state index in [0.717, 1.165) is 74.2 Å². The van der Waals surface area contributed by atoms with E-state index in [2.05, 4.69) is 25.5 Å². The lowest BCUT2D eigenvalue weighted by Gasteiger charge is -2.35. The number of ether oxygens (including phenoxy) is 1. The minimum absolute atomic E-state index is 0.0760. The summed E-state index contributed by atoms with van der Waals surface area (Å²) < 4.78 is 9.91. The molecule has 10 nitrogen and oxygen atoms in total. The van der Waals surface area contributed by atoms with E-state index in [4.69, 9.17) is 4.74 Å². The van der Waals surface area contributed by atoms with Crippen LogP contribution in [-0.2, 0) is 20.8 Å². The van der Waals surface area contributed by atoms with Crippen molar-refractivity contribution >= 4 is 34.3 Å². The molecule has 0 unspecified atom stereocenters. The Morgan fingerprint density at radius 1 is 1.10 bits per heavy atom. The Hall–Kier alpha value is -3.05. The molecule has 3 atom stereocenters. The predicted octanol–water partition coefficient (Wildman–Crippen LogP) is 3.13. The van der Waals surface area contributed by atoms with Gasteiger partial charge in [-0.15, -0.1) is 5.10 Å². The number of amides is 3. The number of aryl methyl sites for hydroxylation is 1. The van der Waals surface area contributed by atoms with Gasteiger partial charge in [-0.25, -0.2) is 0 Å². The Morgan fingerprint density at radius 2 is 1.92 bits per heavy atom. The number of likely N-dealkylation sites (tertiary alicyclic amines) is 1. The molecule has 2 fully saturated rings. The maximum Gasteiger partial charge on any atom is 0.247 e. The molecule has 2 aromatic rings. The van der Waals surface area contributed by atoms with Crippen molar-refractivity contribution in [3.63, 3.8) is 0 Å². The van der Waals surface area contributed by atoms with Crippen LogP contribution in [0.2, 0.25) is 0 Å². The van der Waals surface area contributed by atoms with Gasteiger partial charge in [0, 0.05) is 23.6 Å². The molecular formula is C28H38N6O4S. The smallest absolute Gasteiger partial charge is 0.247 e. The minimum atomic E-state index is -0.627. The largest absolute Gasteiger partial charge is 0.493 e. The van der Waals surface area contributed by atoms with Crippen molar-refractivity contribution < 1.29 is 19.1 Å². The highest BCUT2D eigenvalue weighted by molar-refractivity contribution is 7.10. The molecule has 1 aliphatic carbocycles. The molecular weight excluding hydrogens is 516 g/mol. The minimum Gasteiger partial charge on any atom is -0.493 e. The summed E-state index contributed by atoms with van der Waals surface area (Å²) in [5, 5.41) is 13.8. The molecule has 1 saturated carbocycles. The summed E-state index contributed by atoms with van der Waals surface area (Å²) >= 11 is 1.12. The van der Waals surface area contributed by atoms with Gasteiger partial charge in [0.05, 0.1) is 12.6 Å². The number of carbonyl (C=O) groups excluding carboxylic acids is 3. The van der Waals surface area contributed by atoms with E-state index < -0.39 is 18.1 Å². The topological polar surface area (TPSA) is 126 Å². The first kappa shape index (κ1) is 27.5. The maximum absolute atomic E-state index is 13.9. The maximum atomic E-state index is 13.9. The number of aromatic nitrogens is 2. The van der Waals surface area contributed by atoms with Crippen molar-refractivity contribution in [3.8, 4) is 17.0 Å². The molecule has 3 heterocycles. The van der Waals surface area contributed by atoms with Crippen LogP contribution in [0.3, 0.4) is 0 Å². The monoisotopic (exact) mass is 554 g/mol. The second-order valence-corrected chi connectivity index (χ2v) is 11.6. The summed E-state index contributed by atoms with van der Waals surface area (Å²) in [5.41, 5.74) is 2.59. The van der Waals surface area contributed by atoms with E-state index in [1.54, 1.807) is 18.9 Å². The lowest BCUT2D eigenvalue weighted by atomic mass is 9.83. The summed E-state index contributed by atoms with van der Waals surface area (Å²) in [5.74, 6) is 0.313. The van der Waals surface area contributed by atoms with Crippen LogP contribution >= 0.6 is 11.5 Å². The quantitative estimate of drug-likeness (QED) is 0.458. The van der Waals surface area contributed by atoms with Crippen molar-refractivity contribution in [3.05, 3.63) is 23.8 Å². The van der Waals surface area contributed by atoms with Crippen LogP contribution in [0, 0.1) is 5.92 Å². The van der Waals surface area contributed by atoms with E-state index >= 15 is 0 Å². The molecule has 1 aromatic carbocycles. The van der Waals surface area contributed by atoms with E-state index in [1.165, 1.54) is 5.56 Å². The summed E-state index contributed by atoms with van der Waals surface area (Å²) in [7, 11) is 1.72. The highest BCUT2D eigenvalue weighted by Crippen LogP contribution is 2.35. The summed E-state index contributed by atoms with van der Waals surface area (Å²) in [4.78, 5) is 41.9. The third-order valence-electron chi connectivity index (χ3n) is 8.26. The second kappa shape index (κ2) is 12.4. The number of nitrogens with zero attached hydrogens (tertiary/aromatic N) is 3. The first-order valence-electron chi connectivity index (χ1n) is 14.1. The van der Waals surface area contributed by atoms with Gasteiger partial charge in [0.1, 0.15) is 28.5 Å². The lowest BCUT2D eigenvalue weighted by Crippen LogP contribution is -2.57. The van der Waals surface area contributed by atoms with Gasteiger partial charge in [0.25, 0.3) is 0 Å². The van der Waals surface area contributed by atoms with Crippen LogP contribution in [0.1, 0.15) is 63.9 Å². The Balaban J connectivity index is 1.31. The number of anilines is 1. The standard InChI is InChI=1S/C28H38N6O4S/c1-17(29-2)25(35)30-24(19-8-4-3-5-9-19)28(37)34-14-6-11-21(34)26(36)31-27-23(32-33-39-27)20-13-12-18-10-7-15-38-22(18)16-20/h12-13,16-17,19,21,24,29H,3-11,14-15H2,1-2H3,(H,30,35)(H,31,36)/t17-,21-,24-/m0/s1. The first-order valence-corrected chi connectivity index (χ1v) is 14.9. The Kier molecular flexibility index (Phi) is 8.76. The number of hydrogen-bond acceptors (Lipinski definition) is 8. The molecule has 11 heteroatoms. The molecule has 39 heavy (non-hydrogen) atoms. The number of rotatable bonds is 8. The number of carbonyl (C=O) groups is 3. The fourth-order valence-electron chi connectivity index (χ4n) is 5.88. The fourth-order valence-corrected chi connectivity index (χ4v) is 6.48. The van der Waals surface area contributed by atoms with Gasteiger partial charge in [0.15, 0.2) is 0 Å². The number of fused-ring (bicyclic) bond motifs is 1. The molecule has 1 aromatic heterocycles. The van der Waals surface area contributed by atoms with Gasteiger partial charge in [-0.3, -0.25) is 14.4 Å². The molecule has 5 rings (SSSR count). The van der Waals surface area contributed by atoms with Crippen LogP contribution in [0.15, 0.2) is 18.2 Å². The summed E-state index contributed by atoms with van der Waals surface area (Å²) in [6.45, 7) is 2.96. The van der Waals surface area contributed by atoms with Crippen LogP contribution in [0.25, 0.3) is 11.3 Å². The Labute approximate surface area is 233 Å². The van der Waals surface area contributed by atoms with E-state index in [0.29, 0.717) is 30.3 Å². The summed E-state index contributed by atoms with van der Waals surface area (Å²) in [6.07, 6.45) is 8.33. The lowest BCUT2D eigenvalue weighted by molar-refractivity contribution is -0.142. The van der Waals surface area contributed by atoms with E-state index in [-0.39, 0.29) is 23.6 Å². The molecule has 2 aliphatic heterocycles. The average molecular weight is 555 g/mol. The number of likely N-dealkylation sites (N-methyl/N-ethyl adjacent to an activating group) is 1. The molecule has 0 spiro atoms. The highest BCUT2D eigenvalue weighted by atomic mass is 32.1. The van der Waals surface area contributed by atoms with Gasteiger partial charge < -0.3 is 25.6 Å². The number of hydrogen-bond donors (Lipinski definition) is 3. The Morgan fingerprint density at radius 3 is 2.72 bits per heavy atom. The zero-order chi connectivity index (χ0) is 27.4. The Bertz CT molecular complexity index is 1200. The van der Waals surface area contributed by atoms with Gasteiger partial charge in [0.2, 0.25) is 17.7 Å². The van der Waals surface area contributed by atoms with Gasteiger partial charge in [-0.2, -0.15) is 0 Å². The van der Waals surface area contributed by atoms with Crippen molar-refractivity contribution in [2.75, 3.05) is 25.5 Å². The van der Waals surface area contributed by atoms with Gasteiger partial charge in [-0.05, 0) is 70.0 Å². The zero-order valence-electron chi connectivity index (χ0n) is 22.7. The molecule has 3 amide bonds. The zero-order valence-corrected chi connectivity index (χ0v) is 23.5. The second-order valence-electron chi connectivity index (χ2n) is 10.8. The molecule has 210 valence electrons. The molecule has 0 bridgehead atoms. The summed E-state index contributed by atoms with van der Waals surface area (Å²) in [6, 6.07) is 4.33. The van der Waals surface area contributed by atoms with Gasteiger partial charge >= 0.3 is 0 Å². The predicted molar refractivity (Wildman–Crippen MR) is 150 cm³/mol. The van der Waals surface area contributed by atoms with Crippen molar-refractivity contribution in [2.24, 2.45) is 5.92 Å². The molecule has 1 saturated heterocycles. The van der Waals surface area contributed by atoms with Crippen molar-refractivity contribution in [1.82, 2.24) is 25.1 Å². The van der Waals surface area contributed by atoms with E-state index in [1.807, 2.05) is 18.2 Å². The third-order valence-corrected chi connectivity index (χ3v) is 8.90. The van der Waals surface area contributed by atoms with Crippen LogP contribution in [0.5, 0.6) is 5.75 Å². The van der Waals surface area contributed by atoms with Crippen LogP contribution in [-0.4, -0.2) is 70.5 Å². The van der Waals surface area contributed by atoms with Crippen LogP contribution < -0.4 is 20.7 Å². The average Bonchev–Trinajstić information content (AvgIpc) is 3.65. The van der Waals surface area contributed by atoms with Crippen LogP contribution in [0.4, 0.5) is 5.00 Å². The van der Waals surface area contributed by atoms with Gasteiger partial charge in [-0.1, -0.05) is 35.9 Å². The highest BCUT2D eigenvalue weighted by Gasteiger charge is 2.41. The van der Waals surface area contributed by atoms with E-state index in [9.17, 15) is 14.4 Å². The number of benzene rings is 1. The number of nitrogens with one attached hydrogen (secondary N) is 3. The normalized spacial score (nSPS) is 21.0. The van der Waals surface area contributed by atoms with Crippen molar-refractivity contribution in [2.45, 2.75) is 82.8 Å². The van der Waals surface area contributed by atoms with Crippen molar-refractivity contribution in [1.29, 1.82) is 0 Å². The molecule has 0 radical (unpaired) electrons. The third kappa shape index (κ3) is 6.09. The molecule has 3 aliphatic rings.